The number of carbonyl (C=O) groups is 1. The van der Waals surface area contributed by atoms with Crippen LogP contribution in [-0.4, -0.2) is 41.5 Å². The van der Waals surface area contributed by atoms with Crippen LogP contribution in [0, 0.1) is 0 Å². The van der Waals surface area contributed by atoms with Crippen LogP contribution >= 0.6 is 0 Å². The molecule has 0 aliphatic carbocycles. The van der Waals surface area contributed by atoms with E-state index in [1.807, 2.05) is 24.3 Å². The molecule has 6 heteroatoms. The predicted octanol–water partition coefficient (Wildman–Crippen LogP) is 3.34. The molecule has 0 saturated heterocycles. The highest BCUT2D eigenvalue weighted by molar-refractivity contribution is 5.93. The van der Waals surface area contributed by atoms with Crippen molar-refractivity contribution in [3.63, 3.8) is 0 Å². The lowest BCUT2D eigenvalue weighted by molar-refractivity contribution is -0.136. The summed E-state index contributed by atoms with van der Waals surface area (Å²) in [6, 6.07) is 5.53. The summed E-state index contributed by atoms with van der Waals surface area (Å²) >= 11 is 0. The molecule has 0 saturated carbocycles. The Morgan fingerprint density at radius 1 is 0.960 bits per heavy atom. The molecule has 0 heterocycles. The van der Waals surface area contributed by atoms with E-state index in [-0.39, 0.29) is 5.57 Å². The van der Waals surface area contributed by atoms with Gasteiger partial charge in [-0.1, -0.05) is 12.1 Å². The molecule has 0 N–H and O–H groups in total. The first kappa shape index (κ1) is 20.2. The van der Waals surface area contributed by atoms with Crippen molar-refractivity contribution >= 4 is 12.0 Å². The second-order valence-corrected chi connectivity index (χ2v) is 4.90. The SMILES string of the molecule is CO/C=C(C(=O)OC)/C(C)=C(\C=C\c1ccc(OC)c(OC)c1)OC. The van der Waals surface area contributed by atoms with E-state index in [4.69, 9.17) is 23.7 Å². The number of hydrogen-bond acceptors (Lipinski definition) is 6. The molecule has 0 spiro atoms. The Balaban J connectivity index is 3.21. The lowest BCUT2D eigenvalue weighted by Crippen LogP contribution is -2.08. The summed E-state index contributed by atoms with van der Waals surface area (Å²) in [7, 11) is 7.46. The highest BCUT2D eigenvalue weighted by Crippen LogP contribution is 2.28. The van der Waals surface area contributed by atoms with Crippen molar-refractivity contribution in [1.82, 2.24) is 0 Å². The number of methoxy groups -OCH3 is 5. The van der Waals surface area contributed by atoms with Gasteiger partial charge in [-0.05, 0) is 30.7 Å². The molecule has 0 fully saturated rings. The first-order valence-corrected chi connectivity index (χ1v) is 7.48. The van der Waals surface area contributed by atoms with E-state index >= 15 is 0 Å². The van der Waals surface area contributed by atoms with Gasteiger partial charge in [0.05, 0.1) is 41.8 Å². The minimum absolute atomic E-state index is 0.277. The number of hydrogen-bond donors (Lipinski definition) is 0. The standard InChI is InChI=1S/C19H24O6/c1-13(15(12-21-2)19(20)25-6)16(22-3)9-7-14-8-10-17(23-4)18(11-14)24-5/h7-12H,1-6H3/b9-7+,15-12-,16-13+. The van der Waals surface area contributed by atoms with Crippen molar-refractivity contribution in [2.75, 3.05) is 35.5 Å². The summed E-state index contributed by atoms with van der Waals surface area (Å²) in [6.45, 7) is 1.75. The fourth-order valence-corrected chi connectivity index (χ4v) is 2.12. The number of rotatable bonds is 8. The number of carbonyl (C=O) groups excluding carboxylic acids is 1. The van der Waals surface area contributed by atoms with E-state index in [1.165, 1.54) is 27.6 Å². The van der Waals surface area contributed by atoms with E-state index in [0.29, 0.717) is 22.8 Å². The summed E-state index contributed by atoms with van der Waals surface area (Å²) in [5.74, 6) is 1.27. The topological polar surface area (TPSA) is 63.2 Å². The molecule has 0 radical (unpaired) electrons. The quantitative estimate of drug-likeness (QED) is 0.311. The predicted molar refractivity (Wildman–Crippen MR) is 95.4 cm³/mol. The van der Waals surface area contributed by atoms with Crippen LogP contribution in [0.5, 0.6) is 11.5 Å². The van der Waals surface area contributed by atoms with Crippen molar-refractivity contribution in [3.8, 4) is 11.5 Å². The van der Waals surface area contributed by atoms with Crippen LogP contribution in [0.3, 0.4) is 0 Å². The van der Waals surface area contributed by atoms with Gasteiger partial charge in [-0.3, -0.25) is 0 Å². The van der Waals surface area contributed by atoms with Gasteiger partial charge in [0.25, 0.3) is 0 Å². The number of ether oxygens (including phenoxy) is 5. The molecule has 6 nitrogen and oxygen atoms in total. The van der Waals surface area contributed by atoms with Gasteiger partial charge >= 0.3 is 5.97 Å². The van der Waals surface area contributed by atoms with Gasteiger partial charge in [-0.25, -0.2) is 4.79 Å². The van der Waals surface area contributed by atoms with Crippen molar-refractivity contribution in [3.05, 3.63) is 53.0 Å². The van der Waals surface area contributed by atoms with Gasteiger partial charge in [-0.2, -0.15) is 0 Å². The van der Waals surface area contributed by atoms with E-state index in [0.717, 1.165) is 5.56 Å². The molecular weight excluding hydrogens is 324 g/mol. The summed E-state index contributed by atoms with van der Waals surface area (Å²) in [4.78, 5) is 11.9. The Bertz CT molecular complexity index is 685. The third-order valence-corrected chi connectivity index (χ3v) is 3.47. The maximum Gasteiger partial charge on any atom is 0.341 e. The molecule has 1 rings (SSSR count). The summed E-state index contributed by atoms with van der Waals surface area (Å²) in [5, 5.41) is 0. The Kier molecular flexibility index (Phi) is 8.12. The van der Waals surface area contributed by atoms with E-state index in [2.05, 4.69) is 0 Å². The highest BCUT2D eigenvalue weighted by atomic mass is 16.5. The molecule has 0 amide bonds. The van der Waals surface area contributed by atoms with Crippen molar-refractivity contribution in [2.24, 2.45) is 0 Å². The normalized spacial score (nSPS) is 12.5. The first-order chi connectivity index (χ1) is 12.0. The van der Waals surface area contributed by atoms with Gasteiger partial charge in [0.15, 0.2) is 11.5 Å². The molecule has 0 aliphatic heterocycles. The molecule has 1 aromatic carbocycles. The lowest BCUT2D eigenvalue weighted by atomic mass is 10.1. The lowest BCUT2D eigenvalue weighted by Gasteiger charge is -2.10. The van der Waals surface area contributed by atoms with Crippen LogP contribution in [0.25, 0.3) is 6.08 Å². The zero-order chi connectivity index (χ0) is 18.8. The highest BCUT2D eigenvalue weighted by Gasteiger charge is 2.16. The monoisotopic (exact) mass is 348 g/mol. The fraction of sp³-hybridized carbons (Fsp3) is 0.316. The van der Waals surface area contributed by atoms with E-state index in [1.54, 1.807) is 27.2 Å². The minimum Gasteiger partial charge on any atom is -0.503 e. The summed E-state index contributed by atoms with van der Waals surface area (Å²) < 4.78 is 25.6. The molecule has 25 heavy (non-hydrogen) atoms. The van der Waals surface area contributed by atoms with Crippen LogP contribution in [0.2, 0.25) is 0 Å². The van der Waals surface area contributed by atoms with Crippen molar-refractivity contribution in [2.45, 2.75) is 6.92 Å². The molecule has 0 aliphatic rings. The van der Waals surface area contributed by atoms with Gasteiger partial charge in [0, 0.05) is 5.57 Å². The Morgan fingerprint density at radius 3 is 2.16 bits per heavy atom. The van der Waals surface area contributed by atoms with Crippen LogP contribution in [0.15, 0.2) is 47.4 Å². The van der Waals surface area contributed by atoms with E-state index < -0.39 is 5.97 Å². The summed E-state index contributed by atoms with van der Waals surface area (Å²) in [5.41, 5.74) is 1.75. The maximum absolute atomic E-state index is 11.9. The van der Waals surface area contributed by atoms with Crippen molar-refractivity contribution in [1.29, 1.82) is 0 Å². The third kappa shape index (κ3) is 5.31. The van der Waals surface area contributed by atoms with Gasteiger partial charge in [0.2, 0.25) is 0 Å². The molecule has 0 atom stereocenters. The zero-order valence-electron chi connectivity index (χ0n) is 15.4. The van der Waals surface area contributed by atoms with Crippen LogP contribution in [0.1, 0.15) is 12.5 Å². The smallest absolute Gasteiger partial charge is 0.341 e. The van der Waals surface area contributed by atoms with Gasteiger partial charge in [-0.15, -0.1) is 0 Å². The van der Waals surface area contributed by atoms with Crippen LogP contribution < -0.4 is 9.47 Å². The van der Waals surface area contributed by atoms with Crippen LogP contribution in [-0.2, 0) is 19.0 Å². The van der Waals surface area contributed by atoms with Gasteiger partial charge < -0.3 is 23.7 Å². The average Bonchev–Trinajstić information content (AvgIpc) is 2.65. The Labute approximate surface area is 148 Å². The Morgan fingerprint density at radius 2 is 1.64 bits per heavy atom. The second kappa shape index (κ2) is 10.1. The maximum atomic E-state index is 11.9. The van der Waals surface area contributed by atoms with Crippen LogP contribution in [0.4, 0.5) is 0 Å². The molecule has 0 unspecified atom stereocenters. The summed E-state index contributed by atoms with van der Waals surface area (Å²) in [6.07, 6.45) is 4.92. The average molecular weight is 348 g/mol. The number of benzene rings is 1. The number of esters is 1. The minimum atomic E-state index is -0.506. The largest absolute Gasteiger partial charge is 0.503 e. The molecule has 1 aromatic rings. The first-order valence-electron chi connectivity index (χ1n) is 7.48. The Hall–Kier alpha value is -2.89. The van der Waals surface area contributed by atoms with E-state index in [9.17, 15) is 4.79 Å². The van der Waals surface area contributed by atoms with Gasteiger partial charge in [0.1, 0.15) is 11.3 Å². The molecule has 0 bridgehead atoms. The number of allylic oxidation sites excluding steroid dienone is 1. The molecule has 136 valence electrons. The third-order valence-electron chi connectivity index (χ3n) is 3.47. The fourth-order valence-electron chi connectivity index (χ4n) is 2.12. The zero-order valence-corrected chi connectivity index (χ0v) is 15.4. The second-order valence-electron chi connectivity index (χ2n) is 4.90. The van der Waals surface area contributed by atoms with Crippen molar-refractivity contribution < 1.29 is 28.5 Å². The molecule has 0 aromatic heterocycles. The molecular formula is C19H24O6.